The van der Waals surface area contributed by atoms with Crippen LogP contribution in [-0.2, 0) is 4.79 Å². The van der Waals surface area contributed by atoms with Gasteiger partial charge < -0.3 is 15.0 Å². The van der Waals surface area contributed by atoms with Crippen LogP contribution in [0.25, 0.3) is 0 Å². The molecule has 0 unspecified atom stereocenters. The summed E-state index contributed by atoms with van der Waals surface area (Å²) < 4.78 is 0. The number of unbranched alkanes of at least 4 members (excludes halogenated alkanes) is 1. The summed E-state index contributed by atoms with van der Waals surface area (Å²) in [6.07, 6.45) is 2.04. The minimum Gasteiger partial charge on any atom is -0.397 e. The van der Waals surface area contributed by atoms with E-state index in [0.717, 1.165) is 12.8 Å². The highest BCUT2D eigenvalue weighted by Crippen LogP contribution is 1.78. The van der Waals surface area contributed by atoms with E-state index in [1.807, 2.05) is 0 Å². The number of carbonyl (C=O) groups is 1. The second-order valence-electron chi connectivity index (χ2n) is 2.30. The van der Waals surface area contributed by atoms with Crippen LogP contribution in [0.3, 0.4) is 0 Å². The molecule has 0 aliphatic carbocycles. The summed E-state index contributed by atoms with van der Waals surface area (Å²) in [7, 11) is 0. The van der Waals surface area contributed by atoms with Crippen LogP contribution in [0.5, 0.6) is 0 Å². The molecule has 0 fully saturated rings. The Morgan fingerprint density at radius 3 is 1.42 bits per heavy atom. The van der Waals surface area contributed by atoms with Gasteiger partial charge in [-0.05, 0) is 27.2 Å². The summed E-state index contributed by atoms with van der Waals surface area (Å²) in [5.74, 6) is 0.167. The van der Waals surface area contributed by atoms with Gasteiger partial charge in [0.15, 0.2) is 0 Å². The zero-order valence-corrected chi connectivity index (χ0v) is 8.63. The Labute approximate surface area is 75.4 Å². The van der Waals surface area contributed by atoms with Crippen LogP contribution >= 0.6 is 0 Å². The van der Waals surface area contributed by atoms with Crippen molar-refractivity contribution in [1.29, 1.82) is 0 Å². The van der Waals surface area contributed by atoms with E-state index in [9.17, 15) is 4.79 Å². The van der Waals surface area contributed by atoms with Crippen LogP contribution in [0, 0.1) is 0 Å². The van der Waals surface area contributed by atoms with Crippen LogP contribution in [0.2, 0.25) is 0 Å². The van der Waals surface area contributed by atoms with Crippen molar-refractivity contribution in [3.05, 3.63) is 0 Å². The van der Waals surface area contributed by atoms with E-state index in [1.165, 1.54) is 13.8 Å². The number of hydrogen-bond acceptors (Lipinski definition) is 3. The minimum absolute atomic E-state index is 0.167. The summed E-state index contributed by atoms with van der Waals surface area (Å²) in [4.78, 5) is 9.44. The van der Waals surface area contributed by atoms with E-state index >= 15 is 0 Å². The molecule has 0 aromatic rings. The summed E-state index contributed by atoms with van der Waals surface area (Å²) in [6.45, 7) is 7.38. The lowest BCUT2D eigenvalue weighted by molar-refractivity contribution is -0.114. The molecule has 0 rings (SSSR count). The number of rotatable bonds is 2. The smallest absolute Gasteiger partial charge is 0.126 e. The van der Waals surface area contributed by atoms with Crippen molar-refractivity contribution in [2.24, 2.45) is 0 Å². The van der Waals surface area contributed by atoms with Gasteiger partial charge in [0.05, 0.1) is 0 Å². The largest absolute Gasteiger partial charge is 0.397 e. The average Bonchev–Trinajstić information content (AvgIpc) is 1.89. The second-order valence-corrected chi connectivity index (χ2v) is 2.30. The third-order valence-electron chi connectivity index (χ3n) is 0.512. The Morgan fingerprint density at radius 2 is 1.42 bits per heavy atom. The molecule has 0 spiro atoms. The number of aliphatic hydroxyl groups is 2. The summed E-state index contributed by atoms with van der Waals surface area (Å²) in [5.41, 5.74) is 0. The van der Waals surface area contributed by atoms with Crippen molar-refractivity contribution in [3.8, 4) is 0 Å². The predicted octanol–water partition coefficient (Wildman–Crippen LogP) is 1.37. The van der Waals surface area contributed by atoms with Gasteiger partial charge in [-0.3, -0.25) is 0 Å². The van der Waals surface area contributed by atoms with E-state index in [2.05, 4.69) is 6.92 Å². The highest BCUT2D eigenvalue weighted by molar-refractivity contribution is 5.72. The zero-order chi connectivity index (χ0) is 10.4. The molecular formula is C9H22O3. The van der Waals surface area contributed by atoms with Crippen LogP contribution in [0.4, 0.5) is 0 Å². The highest BCUT2D eigenvalue weighted by Gasteiger charge is 1.69. The second kappa shape index (κ2) is 22.4. The lowest BCUT2D eigenvalue weighted by atomic mass is 10.4. The van der Waals surface area contributed by atoms with E-state index in [1.54, 1.807) is 6.92 Å². The fraction of sp³-hybridized carbons (Fsp3) is 0.889. The molecule has 0 bridgehead atoms. The minimum atomic E-state index is 0.167. The molecule has 0 radical (unpaired) electrons. The van der Waals surface area contributed by atoms with Crippen molar-refractivity contribution in [2.75, 3.05) is 13.2 Å². The molecule has 2 N–H and O–H groups in total. The number of aliphatic hydroxyl groups excluding tert-OH is 2. The molecule has 0 atom stereocenters. The Bertz CT molecular complexity index is 66.2. The molecule has 0 heterocycles. The van der Waals surface area contributed by atoms with E-state index in [0.29, 0.717) is 6.61 Å². The zero-order valence-electron chi connectivity index (χ0n) is 8.63. The molecular weight excluding hydrogens is 156 g/mol. The van der Waals surface area contributed by atoms with Gasteiger partial charge in [0.1, 0.15) is 5.78 Å². The van der Waals surface area contributed by atoms with Crippen LogP contribution in [0.15, 0.2) is 0 Å². The fourth-order valence-corrected chi connectivity index (χ4v) is 0.158. The third kappa shape index (κ3) is 280. The quantitative estimate of drug-likeness (QED) is 0.671. The van der Waals surface area contributed by atoms with Gasteiger partial charge in [-0.2, -0.15) is 0 Å². The van der Waals surface area contributed by atoms with E-state index < -0.39 is 0 Å². The van der Waals surface area contributed by atoms with Gasteiger partial charge in [-0.25, -0.2) is 0 Å². The van der Waals surface area contributed by atoms with Crippen LogP contribution < -0.4 is 0 Å². The third-order valence-corrected chi connectivity index (χ3v) is 0.512. The first-order valence-electron chi connectivity index (χ1n) is 4.25. The number of carbonyl (C=O) groups excluding carboxylic acids is 1. The number of hydrogen-bond donors (Lipinski definition) is 2. The Hall–Kier alpha value is -0.410. The van der Waals surface area contributed by atoms with Gasteiger partial charge in [0, 0.05) is 13.2 Å². The molecule has 12 heavy (non-hydrogen) atoms. The van der Waals surface area contributed by atoms with Crippen molar-refractivity contribution >= 4 is 5.78 Å². The lowest BCUT2D eigenvalue weighted by Gasteiger charge is -1.79. The standard InChI is InChI=1S/C4H10O.C3H6O.C2H6O/c1-2-3-4-5;1-3(2)4;1-2-3/h5H,2-4H2,1H3;1-2H3;3H,2H2,1H3. The molecule has 0 aromatic carbocycles. The molecule has 0 aliphatic rings. The first-order chi connectivity index (χ1) is 5.56. The van der Waals surface area contributed by atoms with E-state index in [4.69, 9.17) is 10.2 Å². The maximum Gasteiger partial charge on any atom is 0.126 e. The van der Waals surface area contributed by atoms with E-state index in [-0.39, 0.29) is 12.4 Å². The molecule has 0 amide bonds. The monoisotopic (exact) mass is 178 g/mol. The molecule has 0 aromatic heterocycles. The SMILES string of the molecule is CC(C)=O.CCCCO.CCO. The maximum absolute atomic E-state index is 9.44. The summed E-state index contributed by atoms with van der Waals surface area (Å²) in [6, 6.07) is 0. The van der Waals surface area contributed by atoms with Crippen LogP contribution in [0.1, 0.15) is 40.5 Å². The molecule has 0 saturated heterocycles. The first-order valence-corrected chi connectivity index (χ1v) is 4.25. The fourth-order valence-electron chi connectivity index (χ4n) is 0.158. The van der Waals surface area contributed by atoms with Gasteiger partial charge in [0.25, 0.3) is 0 Å². The Morgan fingerprint density at radius 1 is 1.17 bits per heavy atom. The van der Waals surface area contributed by atoms with Gasteiger partial charge in [0.2, 0.25) is 0 Å². The van der Waals surface area contributed by atoms with Crippen molar-refractivity contribution in [1.82, 2.24) is 0 Å². The van der Waals surface area contributed by atoms with Crippen LogP contribution in [-0.4, -0.2) is 29.2 Å². The normalized spacial score (nSPS) is 7.17. The number of Topliss-reactive ketones (excluding diaryl/α,β-unsaturated/α-hetero) is 1. The lowest BCUT2D eigenvalue weighted by Crippen LogP contribution is -1.75. The molecule has 76 valence electrons. The van der Waals surface area contributed by atoms with Gasteiger partial charge in [-0.15, -0.1) is 0 Å². The van der Waals surface area contributed by atoms with Crippen molar-refractivity contribution < 1.29 is 15.0 Å². The van der Waals surface area contributed by atoms with Crippen molar-refractivity contribution in [2.45, 2.75) is 40.5 Å². The first kappa shape index (κ1) is 17.6. The topological polar surface area (TPSA) is 57.5 Å². The molecule has 0 saturated carbocycles. The Kier molecular flexibility index (Phi) is 32.9. The van der Waals surface area contributed by atoms with Gasteiger partial charge >= 0.3 is 0 Å². The summed E-state index contributed by atoms with van der Waals surface area (Å²) >= 11 is 0. The molecule has 0 aliphatic heterocycles. The molecule has 3 nitrogen and oxygen atoms in total. The summed E-state index contributed by atoms with van der Waals surface area (Å²) in [5, 5.41) is 15.6. The Balaban J connectivity index is -0.000000105. The molecule has 3 heteroatoms. The number of ketones is 1. The average molecular weight is 178 g/mol. The van der Waals surface area contributed by atoms with Gasteiger partial charge in [-0.1, -0.05) is 13.3 Å². The highest BCUT2D eigenvalue weighted by atomic mass is 16.3. The predicted molar refractivity (Wildman–Crippen MR) is 51.1 cm³/mol. The van der Waals surface area contributed by atoms with Crippen molar-refractivity contribution in [3.63, 3.8) is 0 Å². The maximum atomic E-state index is 9.44.